The van der Waals surface area contributed by atoms with Gasteiger partial charge in [-0.3, -0.25) is 0 Å². The fraction of sp³-hybridized carbons (Fsp3) is 0.955. The Labute approximate surface area is 163 Å². The Bertz CT molecular complexity index is 350. The zero-order valence-corrected chi connectivity index (χ0v) is 21.1. The number of unbranched alkanes of at least 4 members (excludes halogenated alkanes) is 3. The Morgan fingerprint density at radius 3 is 1.68 bits per heavy atom. The predicted octanol–water partition coefficient (Wildman–Crippen LogP) is 6.91. The molecule has 1 saturated heterocycles. The van der Waals surface area contributed by atoms with Crippen molar-refractivity contribution < 1.29 is 0 Å². The summed E-state index contributed by atoms with van der Waals surface area (Å²) >= 11 is -2.30. The molecule has 1 atom stereocenters. The summed E-state index contributed by atoms with van der Waals surface area (Å²) in [6.45, 7) is 16.8. The van der Waals surface area contributed by atoms with E-state index in [1.165, 1.54) is 70.3 Å². The molecule has 0 aromatic carbocycles. The average molecular weight is 457 g/mol. The minimum atomic E-state index is -2.30. The molecule has 0 aliphatic carbocycles. The van der Waals surface area contributed by atoms with E-state index in [4.69, 9.17) is 4.99 Å². The zero-order valence-electron chi connectivity index (χ0n) is 18.2. The first-order chi connectivity index (χ1) is 12.0. The molecule has 1 aliphatic heterocycles. The molecule has 0 aromatic rings. The summed E-state index contributed by atoms with van der Waals surface area (Å²) in [6.07, 6.45) is 11.1. The first-order valence-corrected chi connectivity index (χ1v) is 19.0. The van der Waals surface area contributed by atoms with Crippen LogP contribution in [-0.4, -0.2) is 46.3 Å². The van der Waals surface area contributed by atoms with Gasteiger partial charge in [-0.15, -0.1) is 0 Å². The fourth-order valence-corrected chi connectivity index (χ4v) is 23.8. The minimum absolute atomic E-state index is 0.694. The molecule has 0 bridgehead atoms. The summed E-state index contributed by atoms with van der Waals surface area (Å²) < 4.78 is 5.42. The number of likely N-dealkylation sites (tertiary alicyclic amines) is 1. The van der Waals surface area contributed by atoms with Gasteiger partial charge in [0.2, 0.25) is 0 Å². The Balaban J connectivity index is 3.12. The molecule has 0 aromatic heterocycles. The molecule has 0 radical (unpaired) electrons. The number of hydrogen-bond acceptors (Lipinski definition) is 1. The van der Waals surface area contributed by atoms with E-state index < -0.39 is 18.4 Å². The van der Waals surface area contributed by atoms with Gasteiger partial charge in [0.1, 0.15) is 0 Å². The van der Waals surface area contributed by atoms with Crippen LogP contribution in [0.25, 0.3) is 0 Å². The van der Waals surface area contributed by atoms with Crippen LogP contribution in [0.15, 0.2) is 4.99 Å². The Morgan fingerprint density at radius 2 is 1.32 bits per heavy atom. The second-order valence-electron chi connectivity index (χ2n) is 8.73. The SMILES string of the molecule is CCC[CH2][Sn]([CH2]CCC)([CH2]CCC)[CH](/N=C(\C)N1CCCC1)C(C)C. The van der Waals surface area contributed by atoms with Gasteiger partial charge in [0, 0.05) is 0 Å². The number of aliphatic imine (C=N–C) groups is 1. The molecule has 2 nitrogen and oxygen atoms in total. The molecule has 1 fully saturated rings. The van der Waals surface area contributed by atoms with Gasteiger partial charge in [0.15, 0.2) is 0 Å². The van der Waals surface area contributed by atoms with Crippen LogP contribution in [0.2, 0.25) is 13.3 Å². The van der Waals surface area contributed by atoms with E-state index in [9.17, 15) is 0 Å². The van der Waals surface area contributed by atoms with Crippen LogP contribution in [0, 0.1) is 5.92 Å². The van der Waals surface area contributed by atoms with Gasteiger partial charge in [-0.1, -0.05) is 0 Å². The van der Waals surface area contributed by atoms with E-state index in [2.05, 4.69) is 46.4 Å². The summed E-state index contributed by atoms with van der Waals surface area (Å²) in [6, 6.07) is 0. The molecular weight excluding hydrogens is 411 g/mol. The summed E-state index contributed by atoms with van der Waals surface area (Å²) in [5, 5.41) is 0. The fourth-order valence-electron chi connectivity index (χ4n) is 4.72. The van der Waals surface area contributed by atoms with Crippen LogP contribution < -0.4 is 0 Å². The predicted molar refractivity (Wildman–Crippen MR) is 117 cm³/mol. The van der Waals surface area contributed by atoms with Crippen molar-refractivity contribution in [1.29, 1.82) is 0 Å². The molecule has 1 heterocycles. The molecule has 0 amide bonds. The van der Waals surface area contributed by atoms with Crippen molar-refractivity contribution in [3.8, 4) is 0 Å². The van der Waals surface area contributed by atoms with Crippen molar-refractivity contribution >= 4 is 24.2 Å². The summed E-state index contributed by atoms with van der Waals surface area (Å²) in [5.74, 6) is 2.08. The van der Waals surface area contributed by atoms with E-state index in [-0.39, 0.29) is 0 Å². The molecule has 0 N–H and O–H groups in total. The topological polar surface area (TPSA) is 15.6 Å². The Morgan fingerprint density at radius 1 is 0.880 bits per heavy atom. The number of amidine groups is 1. The molecule has 0 spiro atoms. The van der Waals surface area contributed by atoms with Crippen molar-refractivity contribution in [2.75, 3.05) is 13.1 Å². The molecule has 1 rings (SSSR count). The van der Waals surface area contributed by atoms with Gasteiger partial charge in [0.05, 0.1) is 0 Å². The maximum absolute atomic E-state index is 5.53. The van der Waals surface area contributed by atoms with Gasteiger partial charge in [-0.2, -0.15) is 0 Å². The van der Waals surface area contributed by atoms with Gasteiger partial charge < -0.3 is 0 Å². The van der Waals surface area contributed by atoms with Crippen molar-refractivity contribution in [3.63, 3.8) is 0 Å². The van der Waals surface area contributed by atoms with Crippen molar-refractivity contribution in [1.82, 2.24) is 4.90 Å². The number of nitrogens with zero attached hydrogens (tertiary/aromatic N) is 2. The van der Waals surface area contributed by atoms with Crippen LogP contribution in [0.1, 0.15) is 92.9 Å². The average Bonchev–Trinajstić information content (AvgIpc) is 3.14. The number of rotatable bonds is 12. The third-order valence-corrected chi connectivity index (χ3v) is 23.6. The van der Waals surface area contributed by atoms with Crippen LogP contribution in [0.4, 0.5) is 0 Å². The van der Waals surface area contributed by atoms with Crippen LogP contribution in [0.3, 0.4) is 0 Å². The third kappa shape index (κ3) is 7.42. The van der Waals surface area contributed by atoms with Gasteiger partial charge >= 0.3 is 163 Å². The van der Waals surface area contributed by atoms with Crippen LogP contribution >= 0.6 is 0 Å². The van der Waals surface area contributed by atoms with Gasteiger partial charge in [-0.25, -0.2) is 0 Å². The van der Waals surface area contributed by atoms with Crippen LogP contribution in [-0.2, 0) is 0 Å². The Kier molecular flexibility index (Phi) is 11.8. The first kappa shape index (κ1) is 23.3. The summed E-state index contributed by atoms with van der Waals surface area (Å²) in [4.78, 5) is 8.09. The second kappa shape index (κ2) is 12.6. The van der Waals surface area contributed by atoms with Crippen molar-refractivity contribution in [2.45, 2.75) is 110 Å². The molecule has 25 heavy (non-hydrogen) atoms. The standard InChI is InChI=1S/C10H19N2.3C4H9.Sn/c1-9(2)8-11-10(3)12-6-4-5-7-12;3*1-3-4-2;/h8-9H,4-7H2,1-3H3;3*1,3-4H2,2H3;/b11-10+;;;;. The normalized spacial score (nSPS) is 17.6. The first-order valence-electron chi connectivity index (χ1n) is 11.3. The second-order valence-corrected chi connectivity index (χ2v) is 22.5. The molecule has 148 valence electrons. The molecule has 1 aliphatic rings. The zero-order chi connectivity index (χ0) is 18.7. The monoisotopic (exact) mass is 458 g/mol. The van der Waals surface area contributed by atoms with Gasteiger partial charge in [-0.05, 0) is 0 Å². The van der Waals surface area contributed by atoms with Crippen LogP contribution in [0.5, 0.6) is 0 Å². The molecular formula is C22H46N2Sn. The molecule has 0 saturated carbocycles. The van der Waals surface area contributed by atoms with E-state index in [0.717, 1.165) is 5.92 Å². The molecule has 1 unspecified atom stereocenters. The van der Waals surface area contributed by atoms with E-state index >= 15 is 0 Å². The van der Waals surface area contributed by atoms with E-state index in [0.29, 0.717) is 4.06 Å². The van der Waals surface area contributed by atoms with Gasteiger partial charge in [0.25, 0.3) is 0 Å². The summed E-state index contributed by atoms with van der Waals surface area (Å²) in [5.41, 5.74) is 0. The van der Waals surface area contributed by atoms with Crippen molar-refractivity contribution in [3.05, 3.63) is 0 Å². The van der Waals surface area contributed by atoms with Crippen molar-refractivity contribution in [2.24, 2.45) is 10.9 Å². The van der Waals surface area contributed by atoms with E-state index in [1.54, 1.807) is 13.3 Å². The molecule has 3 heteroatoms. The third-order valence-electron chi connectivity index (χ3n) is 6.23. The number of hydrogen-bond donors (Lipinski definition) is 0. The Hall–Kier alpha value is 0.269. The quantitative estimate of drug-likeness (QED) is 0.177. The maximum atomic E-state index is 5.53. The summed E-state index contributed by atoms with van der Waals surface area (Å²) in [7, 11) is 0. The van der Waals surface area contributed by atoms with E-state index in [1.807, 2.05) is 0 Å².